The fourth-order valence-corrected chi connectivity index (χ4v) is 2.39. The highest BCUT2D eigenvalue weighted by atomic mass is 32.2. The third kappa shape index (κ3) is 9.53. The summed E-state index contributed by atoms with van der Waals surface area (Å²) in [5.41, 5.74) is 5.35. The third-order valence-electron chi connectivity index (χ3n) is 3.47. The Balaban J connectivity index is 5.20. The molecule has 0 saturated carbocycles. The fraction of sp³-hybridized carbons (Fsp3) is 0.667. The molecule has 0 aromatic carbocycles. The lowest BCUT2D eigenvalue weighted by atomic mass is 10.1. The molecule has 12 nitrogen and oxygen atoms in total. The zero-order valence-electron chi connectivity index (χ0n) is 15.5. The number of aliphatic carboxylic acids is 2. The number of amides is 3. The maximum Gasteiger partial charge on any atom is 0.326 e. The van der Waals surface area contributed by atoms with Crippen molar-refractivity contribution in [1.82, 2.24) is 16.0 Å². The maximum atomic E-state index is 12.3. The van der Waals surface area contributed by atoms with Crippen molar-refractivity contribution < 1.29 is 39.3 Å². The summed E-state index contributed by atoms with van der Waals surface area (Å²) in [5, 5.41) is 33.8. The summed E-state index contributed by atoms with van der Waals surface area (Å²) in [6, 6.07) is -5.30. The van der Waals surface area contributed by atoms with Gasteiger partial charge in [-0.05, 0) is 25.4 Å². The topological polar surface area (TPSA) is 208 Å². The summed E-state index contributed by atoms with van der Waals surface area (Å²) in [6.07, 6.45) is 1.02. The molecule has 0 bridgehead atoms. The lowest BCUT2D eigenvalue weighted by Crippen LogP contribution is -2.58. The molecule has 0 rings (SSSR count). The highest BCUT2D eigenvalue weighted by molar-refractivity contribution is 7.98. The van der Waals surface area contributed by atoms with Gasteiger partial charge in [-0.25, -0.2) is 4.79 Å². The van der Waals surface area contributed by atoms with Gasteiger partial charge in [-0.3, -0.25) is 19.2 Å². The highest BCUT2D eigenvalue weighted by Gasteiger charge is 2.30. The van der Waals surface area contributed by atoms with Gasteiger partial charge >= 0.3 is 11.9 Å². The minimum Gasteiger partial charge on any atom is -0.481 e. The molecule has 4 unspecified atom stereocenters. The van der Waals surface area contributed by atoms with Crippen LogP contribution in [0.1, 0.15) is 19.8 Å². The molecule has 0 saturated heterocycles. The van der Waals surface area contributed by atoms with Crippen LogP contribution in [-0.4, -0.2) is 87.8 Å². The molecule has 0 aliphatic rings. The standard InChI is InChI=1S/C15H26N4O8S/c1-7(16)12(23)19-10(6-20)14(25)18-9(5-11(21)22)13(24)17-8(15(26)27)3-4-28-2/h7-10,20H,3-6,16H2,1-2H3,(H,17,24)(H,18,25)(H,19,23)(H,21,22)(H,26,27). The number of carbonyl (C=O) groups excluding carboxylic acids is 3. The maximum absolute atomic E-state index is 12.3. The van der Waals surface area contributed by atoms with Gasteiger partial charge in [0, 0.05) is 0 Å². The summed E-state index contributed by atoms with van der Waals surface area (Å²) in [7, 11) is 0. The predicted octanol–water partition coefficient (Wildman–Crippen LogP) is -2.91. The first-order chi connectivity index (χ1) is 13.0. The van der Waals surface area contributed by atoms with Crippen LogP contribution in [0.3, 0.4) is 0 Å². The lowest BCUT2D eigenvalue weighted by Gasteiger charge is -2.23. The van der Waals surface area contributed by atoms with Crippen LogP contribution in [0.25, 0.3) is 0 Å². The first-order valence-electron chi connectivity index (χ1n) is 8.24. The Bertz CT molecular complexity index is 586. The van der Waals surface area contributed by atoms with Crippen molar-refractivity contribution in [3.8, 4) is 0 Å². The van der Waals surface area contributed by atoms with Crippen LogP contribution in [0, 0.1) is 0 Å². The van der Waals surface area contributed by atoms with Crippen LogP contribution in [0.5, 0.6) is 0 Å². The summed E-state index contributed by atoms with van der Waals surface area (Å²) < 4.78 is 0. The van der Waals surface area contributed by atoms with Gasteiger partial charge in [0.05, 0.1) is 19.1 Å². The molecule has 0 spiro atoms. The molecule has 0 heterocycles. The minimum atomic E-state index is -1.61. The van der Waals surface area contributed by atoms with Crippen molar-refractivity contribution in [1.29, 1.82) is 0 Å². The SMILES string of the molecule is CSCCC(NC(=O)C(CC(=O)O)NC(=O)C(CO)NC(=O)C(C)N)C(=O)O. The number of hydrogen-bond donors (Lipinski definition) is 7. The number of carboxylic acid groups (broad SMARTS) is 2. The molecule has 13 heteroatoms. The summed E-state index contributed by atoms with van der Waals surface area (Å²) in [6.45, 7) is 0.528. The van der Waals surface area contributed by atoms with Gasteiger partial charge in [0.15, 0.2) is 0 Å². The number of nitrogens with two attached hydrogens (primary N) is 1. The van der Waals surface area contributed by atoms with Crippen LogP contribution in [-0.2, 0) is 24.0 Å². The third-order valence-corrected chi connectivity index (χ3v) is 4.11. The first kappa shape index (κ1) is 25.6. The van der Waals surface area contributed by atoms with Crippen molar-refractivity contribution in [2.24, 2.45) is 5.73 Å². The van der Waals surface area contributed by atoms with Crippen molar-refractivity contribution in [2.75, 3.05) is 18.6 Å². The van der Waals surface area contributed by atoms with Crippen LogP contribution in [0.15, 0.2) is 0 Å². The number of nitrogens with one attached hydrogen (secondary N) is 3. The van der Waals surface area contributed by atoms with E-state index in [1.165, 1.54) is 18.7 Å². The zero-order valence-corrected chi connectivity index (χ0v) is 16.3. The van der Waals surface area contributed by atoms with Crippen molar-refractivity contribution >= 4 is 41.4 Å². The van der Waals surface area contributed by atoms with E-state index in [9.17, 15) is 29.1 Å². The Morgan fingerprint density at radius 1 is 0.929 bits per heavy atom. The monoisotopic (exact) mass is 422 g/mol. The molecular formula is C15H26N4O8S. The molecule has 4 atom stereocenters. The van der Waals surface area contributed by atoms with Crippen molar-refractivity contribution in [3.05, 3.63) is 0 Å². The summed E-state index contributed by atoms with van der Waals surface area (Å²) >= 11 is 1.36. The van der Waals surface area contributed by atoms with E-state index in [0.29, 0.717) is 5.75 Å². The quantitative estimate of drug-likeness (QED) is 0.161. The molecule has 0 aliphatic carbocycles. The number of carboxylic acids is 2. The van der Waals surface area contributed by atoms with E-state index in [-0.39, 0.29) is 6.42 Å². The minimum absolute atomic E-state index is 0.0969. The van der Waals surface area contributed by atoms with Gasteiger partial charge in [0.1, 0.15) is 18.1 Å². The molecule has 0 aromatic rings. The second-order valence-electron chi connectivity index (χ2n) is 5.87. The predicted molar refractivity (Wildman–Crippen MR) is 99.4 cm³/mol. The molecule has 8 N–H and O–H groups in total. The molecule has 0 aromatic heterocycles. The van der Waals surface area contributed by atoms with Gasteiger partial charge in [-0.1, -0.05) is 0 Å². The van der Waals surface area contributed by atoms with Gasteiger partial charge in [-0.2, -0.15) is 11.8 Å². The molecular weight excluding hydrogens is 396 g/mol. The lowest BCUT2D eigenvalue weighted by molar-refractivity contribution is -0.143. The summed E-state index contributed by atoms with van der Waals surface area (Å²) in [4.78, 5) is 58.3. The molecule has 3 amide bonds. The van der Waals surface area contributed by atoms with E-state index >= 15 is 0 Å². The largest absolute Gasteiger partial charge is 0.481 e. The van der Waals surface area contributed by atoms with Gasteiger partial charge < -0.3 is 37.0 Å². The number of carbonyl (C=O) groups is 5. The Morgan fingerprint density at radius 2 is 1.43 bits per heavy atom. The first-order valence-corrected chi connectivity index (χ1v) is 9.63. The van der Waals surface area contributed by atoms with Crippen LogP contribution < -0.4 is 21.7 Å². The normalized spacial score (nSPS) is 14.9. The van der Waals surface area contributed by atoms with Crippen LogP contribution in [0.2, 0.25) is 0 Å². The van der Waals surface area contributed by atoms with Crippen molar-refractivity contribution in [3.63, 3.8) is 0 Å². The Labute approximate surface area is 165 Å². The smallest absolute Gasteiger partial charge is 0.326 e. The molecule has 28 heavy (non-hydrogen) atoms. The van der Waals surface area contributed by atoms with Crippen LogP contribution >= 0.6 is 11.8 Å². The van der Waals surface area contributed by atoms with Gasteiger partial charge in [0.25, 0.3) is 0 Å². The second kappa shape index (κ2) is 12.9. The zero-order chi connectivity index (χ0) is 21.9. The molecule has 0 fully saturated rings. The average Bonchev–Trinajstić information content (AvgIpc) is 2.61. The van der Waals surface area contributed by atoms with E-state index in [2.05, 4.69) is 16.0 Å². The molecule has 160 valence electrons. The van der Waals surface area contributed by atoms with Gasteiger partial charge in [-0.15, -0.1) is 0 Å². The highest BCUT2D eigenvalue weighted by Crippen LogP contribution is 2.03. The van der Waals surface area contributed by atoms with E-state index < -0.39 is 66.9 Å². The Hall–Kier alpha value is -2.38. The van der Waals surface area contributed by atoms with E-state index in [0.717, 1.165) is 0 Å². The number of aliphatic hydroxyl groups excluding tert-OH is 1. The van der Waals surface area contributed by atoms with E-state index in [1.807, 2.05) is 0 Å². The fourth-order valence-electron chi connectivity index (χ4n) is 1.92. The number of aliphatic hydroxyl groups is 1. The molecule has 0 radical (unpaired) electrons. The Morgan fingerprint density at radius 3 is 1.86 bits per heavy atom. The number of hydrogen-bond acceptors (Lipinski definition) is 8. The van der Waals surface area contributed by atoms with Crippen molar-refractivity contribution in [2.45, 2.75) is 43.9 Å². The van der Waals surface area contributed by atoms with Crippen LogP contribution in [0.4, 0.5) is 0 Å². The van der Waals surface area contributed by atoms with E-state index in [1.54, 1.807) is 6.26 Å². The summed E-state index contributed by atoms with van der Waals surface area (Å²) in [5.74, 6) is -5.06. The molecule has 0 aliphatic heterocycles. The number of thioether (sulfide) groups is 1. The number of rotatable bonds is 13. The average molecular weight is 422 g/mol. The van der Waals surface area contributed by atoms with E-state index in [4.69, 9.17) is 15.9 Å². The second-order valence-corrected chi connectivity index (χ2v) is 6.86. The van der Waals surface area contributed by atoms with Gasteiger partial charge in [0.2, 0.25) is 17.7 Å². The Kier molecular flexibility index (Phi) is 11.8.